The van der Waals surface area contributed by atoms with E-state index in [1.165, 1.54) is 0 Å². The zero-order chi connectivity index (χ0) is 15.5. The van der Waals surface area contributed by atoms with Gasteiger partial charge in [0.05, 0.1) is 6.04 Å². The Morgan fingerprint density at radius 1 is 1.43 bits per heavy atom. The van der Waals surface area contributed by atoms with Crippen LogP contribution in [0.4, 0.5) is 4.79 Å². The van der Waals surface area contributed by atoms with Crippen molar-refractivity contribution >= 4 is 6.09 Å². The van der Waals surface area contributed by atoms with Gasteiger partial charge < -0.3 is 9.64 Å². The molecule has 1 saturated heterocycles. The molecule has 1 fully saturated rings. The average molecular weight is 291 g/mol. The summed E-state index contributed by atoms with van der Waals surface area (Å²) in [6.07, 6.45) is 3.42. The van der Waals surface area contributed by atoms with Crippen LogP contribution in [0, 0.1) is 0 Å². The molecule has 1 aromatic rings. The van der Waals surface area contributed by atoms with Gasteiger partial charge in [-0.05, 0) is 38.9 Å². The van der Waals surface area contributed by atoms with Crippen molar-refractivity contribution in [3.63, 3.8) is 0 Å². The highest BCUT2D eigenvalue weighted by Crippen LogP contribution is 2.25. The summed E-state index contributed by atoms with van der Waals surface area (Å²) in [5, 5.41) is 0. The summed E-state index contributed by atoms with van der Waals surface area (Å²) in [7, 11) is 0. The molecule has 21 heavy (non-hydrogen) atoms. The number of ether oxygens (including phenoxy) is 1. The lowest BCUT2D eigenvalue weighted by Crippen LogP contribution is -2.51. The molecular formula is C16H25N3O2. The number of aromatic nitrogens is 1. The number of hydrogen-bond acceptors (Lipinski definition) is 4. The highest BCUT2D eigenvalue weighted by Gasteiger charge is 2.32. The van der Waals surface area contributed by atoms with E-state index in [4.69, 9.17) is 4.74 Å². The number of carbonyl (C=O) groups is 1. The number of nitrogens with zero attached hydrogens (tertiary/aromatic N) is 3. The number of amides is 1. The van der Waals surface area contributed by atoms with E-state index >= 15 is 0 Å². The Labute approximate surface area is 126 Å². The number of piperazine rings is 1. The SMILES string of the molecule is CCN1CCN(C(=O)OC(C)(C)C)CC1c1cccnc1. The van der Waals surface area contributed by atoms with Crippen molar-refractivity contribution < 1.29 is 9.53 Å². The van der Waals surface area contributed by atoms with Crippen LogP contribution >= 0.6 is 0 Å². The quantitative estimate of drug-likeness (QED) is 0.840. The first-order valence-corrected chi connectivity index (χ1v) is 7.52. The lowest BCUT2D eigenvalue weighted by Gasteiger charge is -2.41. The van der Waals surface area contributed by atoms with Crippen LogP contribution in [-0.4, -0.2) is 52.7 Å². The normalized spacial score (nSPS) is 20.4. The molecule has 2 heterocycles. The molecule has 1 atom stereocenters. The fourth-order valence-electron chi connectivity index (χ4n) is 2.58. The number of hydrogen-bond donors (Lipinski definition) is 0. The van der Waals surface area contributed by atoms with Crippen molar-refractivity contribution in [3.8, 4) is 0 Å². The Morgan fingerprint density at radius 2 is 2.19 bits per heavy atom. The maximum atomic E-state index is 12.3. The van der Waals surface area contributed by atoms with Crippen LogP contribution in [-0.2, 0) is 4.74 Å². The summed E-state index contributed by atoms with van der Waals surface area (Å²) in [6, 6.07) is 4.19. The predicted molar refractivity (Wildman–Crippen MR) is 82.0 cm³/mol. The molecule has 1 aliphatic rings. The molecule has 1 unspecified atom stereocenters. The highest BCUT2D eigenvalue weighted by atomic mass is 16.6. The molecule has 1 amide bonds. The van der Waals surface area contributed by atoms with Gasteiger partial charge in [0.25, 0.3) is 0 Å². The summed E-state index contributed by atoms with van der Waals surface area (Å²) in [6.45, 7) is 11.0. The van der Waals surface area contributed by atoms with Gasteiger partial charge >= 0.3 is 6.09 Å². The largest absolute Gasteiger partial charge is 0.444 e. The summed E-state index contributed by atoms with van der Waals surface area (Å²) in [4.78, 5) is 20.6. The second-order valence-corrected chi connectivity index (χ2v) is 6.36. The van der Waals surface area contributed by atoms with Crippen molar-refractivity contribution in [2.24, 2.45) is 0 Å². The van der Waals surface area contributed by atoms with Crippen LogP contribution in [0.25, 0.3) is 0 Å². The van der Waals surface area contributed by atoms with Crippen LogP contribution in [0.2, 0.25) is 0 Å². The molecule has 0 aromatic carbocycles. The van der Waals surface area contributed by atoms with E-state index in [2.05, 4.69) is 22.9 Å². The number of carbonyl (C=O) groups excluding carboxylic acids is 1. The van der Waals surface area contributed by atoms with E-state index in [9.17, 15) is 4.79 Å². The molecule has 0 radical (unpaired) electrons. The third-order valence-corrected chi connectivity index (χ3v) is 3.62. The molecular weight excluding hydrogens is 266 g/mol. The van der Waals surface area contributed by atoms with Crippen LogP contribution in [0.3, 0.4) is 0 Å². The van der Waals surface area contributed by atoms with Crippen LogP contribution in [0.5, 0.6) is 0 Å². The summed E-state index contributed by atoms with van der Waals surface area (Å²) < 4.78 is 5.48. The van der Waals surface area contributed by atoms with E-state index in [0.29, 0.717) is 13.1 Å². The van der Waals surface area contributed by atoms with E-state index in [1.807, 2.05) is 33.0 Å². The molecule has 1 aromatic heterocycles. The molecule has 5 heteroatoms. The lowest BCUT2D eigenvalue weighted by molar-refractivity contribution is 0.00424. The van der Waals surface area contributed by atoms with Gasteiger partial charge in [0.2, 0.25) is 0 Å². The molecule has 1 aliphatic heterocycles. The lowest BCUT2D eigenvalue weighted by atomic mass is 10.0. The molecule has 0 bridgehead atoms. The van der Waals surface area contributed by atoms with E-state index in [1.54, 1.807) is 11.1 Å². The van der Waals surface area contributed by atoms with Crippen molar-refractivity contribution in [1.82, 2.24) is 14.8 Å². The van der Waals surface area contributed by atoms with Gasteiger partial charge in [-0.3, -0.25) is 9.88 Å². The Hall–Kier alpha value is -1.62. The average Bonchev–Trinajstić information content (AvgIpc) is 2.45. The molecule has 2 rings (SSSR count). The monoisotopic (exact) mass is 291 g/mol. The van der Waals surface area contributed by atoms with Crippen molar-refractivity contribution in [1.29, 1.82) is 0 Å². The van der Waals surface area contributed by atoms with Crippen LogP contribution < -0.4 is 0 Å². The maximum Gasteiger partial charge on any atom is 0.410 e. The molecule has 0 saturated carbocycles. The minimum absolute atomic E-state index is 0.185. The predicted octanol–water partition coefficient (Wildman–Crippen LogP) is 2.70. The molecule has 116 valence electrons. The van der Waals surface area contributed by atoms with Crippen LogP contribution in [0.1, 0.15) is 39.3 Å². The van der Waals surface area contributed by atoms with Gasteiger partial charge in [0.15, 0.2) is 0 Å². The Balaban J connectivity index is 2.10. The smallest absolute Gasteiger partial charge is 0.410 e. The third-order valence-electron chi connectivity index (χ3n) is 3.62. The summed E-state index contributed by atoms with van der Waals surface area (Å²) in [5.41, 5.74) is 0.690. The first-order chi connectivity index (χ1) is 9.90. The summed E-state index contributed by atoms with van der Waals surface area (Å²) >= 11 is 0. The second kappa shape index (κ2) is 6.43. The highest BCUT2D eigenvalue weighted by molar-refractivity contribution is 5.68. The fourth-order valence-corrected chi connectivity index (χ4v) is 2.58. The number of likely N-dealkylation sites (N-methyl/N-ethyl adjacent to an activating group) is 1. The molecule has 0 N–H and O–H groups in total. The van der Waals surface area contributed by atoms with E-state index < -0.39 is 5.60 Å². The first kappa shape index (κ1) is 15.8. The minimum atomic E-state index is -0.456. The van der Waals surface area contributed by atoms with Crippen molar-refractivity contribution in [2.45, 2.75) is 39.3 Å². The Morgan fingerprint density at radius 3 is 2.76 bits per heavy atom. The fraction of sp³-hybridized carbons (Fsp3) is 0.625. The molecule has 5 nitrogen and oxygen atoms in total. The number of rotatable bonds is 2. The van der Waals surface area contributed by atoms with Crippen molar-refractivity contribution in [2.75, 3.05) is 26.2 Å². The van der Waals surface area contributed by atoms with E-state index in [-0.39, 0.29) is 12.1 Å². The van der Waals surface area contributed by atoms with Gasteiger partial charge in [-0.25, -0.2) is 4.79 Å². The Kier molecular flexibility index (Phi) is 4.83. The van der Waals surface area contributed by atoms with E-state index in [0.717, 1.165) is 18.7 Å². The standard InChI is InChI=1S/C16H25N3O2/c1-5-18-9-10-19(15(20)21-16(2,3)4)12-14(18)13-7-6-8-17-11-13/h6-8,11,14H,5,9-10,12H2,1-4H3. The maximum absolute atomic E-state index is 12.3. The van der Waals surface area contributed by atoms with Gasteiger partial charge in [-0.15, -0.1) is 0 Å². The van der Waals surface area contributed by atoms with Crippen molar-refractivity contribution in [3.05, 3.63) is 30.1 Å². The summed E-state index contributed by atoms with van der Waals surface area (Å²) in [5.74, 6) is 0. The zero-order valence-corrected chi connectivity index (χ0v) is 13.4. The van der Waals surface area contributed by atoms with Gasteiger partial charge in [-0.2, -0.15) is 0 Å². The zero-order valence-electron chi connectivity index (χ0n) is 13.4. The van der Waals surface area contributed by atoms with Gasteiger partial charge in [0, 0.05) is 32.0 Å². The topological polar surface area (TPSA) is 45.7 Å². The molecule has 0 spiro atoms. The Bertz CT molecular complexity index is 470. The minimum Gasteiger partial charge on any atom is -0.444 e. The first-order valence-electron chi connectivity index (χ1n) is 7.52. The third kappa shape index (κ3) is 4.17. The van der Waals surface area contributed by atoms with Gasteiger partial charge in [-0.1, -0.05) is 13.0 Å². The molecule has 0 aliphatic carbocycles. The second-order valence-electron chi connectivity index (χ2n) is 6.36. The van der Waals surface area contributed by atoms with Crippen LogP contribution in [0.15, 0.2) is 24.5 Å². The number of pyridine rings is 1. The van der Waals surface area contributed by atoms with Gasteiger partial charge in [0.1, 0.15) is 5.60 Å².